The van der Waals surface area contributed by atoms with Gasteiger partial charge in [-0.05, 0) is 96.7 Å². The second-order valence-electron chi connectivity index (χ2n) is 9.20. The maximum atomic E-state index is 12.9. The van der Waals surface area contributed by atoms with E-state index in [9.17, 15) is 13.2 Å². The molecule has 4 aliphatic carbocycles. The highest BCUT2D eigenvalue weighted by Crippen LogP contribution is 2.53. The summed E-state index contributed by atoms with van der Waals surface area (Å²) < 4.78 is 28.3. The highest BCUT2D eigenvalue weighted by atomic mass is 79.9. The molecule has 1 aromatic heterocycles. The number of halogens is 1. The molecule has 5 aliphatic rings. The van der Waals surface area contributed by atoms with Crippen LogP contribution in [0.5, 0.6) is 0 Å². The molecule has 0 unspecified atom stereocenters. The summed E-state index contributed by atoms with van der Waals surface area (Å²) in [6, 6.07) is 3.78. The molecule has 0 aromatic carbocycles. The van der Waals surface area contributed by atoms with E-state index in [4.69, 9.17) is 0 Å². The first-order chi connectivity index (χ1) is 13.4. The summed E-state index contributed by atoms with van der Waals surface area (Å²) in [6.07, 6.45) is 7.84. The number of carbonyl (C=O) groups excluding carboxylic acids is 1. The Morgan fingerprint density at radius 1 is 1.04 bits per heavy atom. The Labute approximate surface area is 179 Å². The molecule has 0 radical (unpaired) electrons. The monoisotopic (exact) mass is 486 g/mol. The molecule has 1 aromatic rings. The Hall–Kier alpha value is -0.440. The molecule has 1 saturated heterocycles. The molecule has 2 heterocycles. The number of rotatable bonds is 4. The average molecular weight is 487 g/mol. The molecule has 6 rings (SSSR count). The molecule has 1 amide bonds. The molecular weight excluding hydrogens is 460 g/mol. The molecule has 28 heavy (non-hydrogen) atoms. The summed E-state index contributed by atoms with van der Waals surface area (Å²) in [6.45, 7) is 0.856. The lowest BCUT2D eigenvalue weighted by atomic mass is 9.54. The van der Waals surface area contributed by atoms with Gasteiger partial charge < -0.3 is 5.32 Å². The summed E-state index contributed by atoms with van der Waals surface area (Å²) in [5, 5.41) is 3.41. The zero-order valence-corrected chi connectivity index (χ0v) is 19.1. The van der Waals surface area contributed by atoms with Crippen molar-refractivity contribution in [3.8, 4) is 0 Å². The molecule has 4 saturated carbocycles. The number of hydrogen-bond donors (Lipinski definition) is 1. The van der Waals surface area contributed by atoms with Crippen molar-refractivity contribution in [1.29, 1.82) is 0 Å². The van der Waals surface area contributed by atoms with Gasteiger partial charge in [-0.25, -0.2) is 8.42 Å². The van der Waals surface area contributed by atoms with Crippen molar-refractivity contribution in [3.05, 3.63) is 15.9 Å². The van der Waals surface area contributed by atoms with Gasteiger partial charge in [0.1, 0.15) is 4.21 Å². The van der Waals surface area contributed by atoms with Crippen LogP contribution in [0.3, 0.4) is 0 Å². The van der Waals surface area contributed by atoms with Crippen LogP contribution in [0.1, 0.15) is 44.9 Å². The Morgan fingerprint density at radius 3 is 2.18 bits per heavy atom. The van der Waals surface area contributed by atoms with E-state index < -0.39 is 10.0 Å². The Morgan fingerprint density at radius 2 is 1.64 bits per heavy atom. The van der Waals surface area contributed by atoms with E-state index >= 15 is 0 Å². The van der Waals surface area contributed by atoms with Crippen molar-refractivity contribution >= 4 is 43.2 Å². The van der Waals surface area contributed by atoms with Gasteiger partial charge in [-0.15, -0.1) is 11.3 Å². The normalized spacial score (nSPS) is 36.0. The van der Waals surface area contributed by atoms with Crippen LogP contribution in [-0.4, -0.2) is 37.8 Å². The lowest BCUT2D eigenvalue weighted by molar-refractivity contribution is -0.130. The van der Waals surface area contributed by atoms with Crippen LogP contribution < -0.4 is 5.32 Å². The molecule has 0 spiro atoms. The highest BCUT2D eigenvalue weighted by molar-refractivity contribution is 9.11. The largest absolute Gasteiger partial charge is 0.353 e. The fourth-order valence-electron chi connectivity index (χ4n) is 6.36. The zero-order valence-electron chi connectivity index (χ0n) is 15.8. The van der Waals surface area contributed by atoms with E-state index in [1.807, 2.05) is 0 Å². The van der Waals surface area contributed by atoms with Crippen molar-refractivity contribution in [2.45, 2.75) is 55.2 Å². The number of amides is 1. The first-order valence-electron chi connectivity index (χ1n) is 10.5. The molecule has 0 atom stereocenters. The smallest absolute Gasteiger partial charge is 0.252 e. The van der Waals surface area contributed by atoms with Crippen molar-refractivity contribution in [2.24, 2.45) is 29.6 Å². The lowest BCUT2D eigenvalue weighted by Crippen LogP contribution is -2.57. The number of hydrogen-bond acceptors (Lipinski definition) is 4. The van der Waals surface area contributed by atoms with Gasteiger partial charge in [0.2, 0.25) is 5.91 Å². The number of nitrogens with zero attached hydrogens (tertiary/aromatic N) is 1. The third kappa shape index (κ3) is 3.48. The van der Waals surface area contributed by atoms with Crippen molar-refractivity contribution in [3.63, 3.8) is 0 Å². The fourth-order valence-corrected chi connectivity index (χ4v) is 10.00. The van der Waals surface area contributed by atoms with E-state index in [0.717, 1.165) is 15.6 Å². The lowest BCUT2D eigenvalue weighted by Gasteiger charge is -2.54. The maximum Gasteiger partial charge on any atom is 0.252 e. The first-order valence-corrected chi connectivity index (χ1v) is 13.5. The van der Waals surface area contributed by atoms with Gasteiger partial charge in [0.25, 0.3) is 10.0 Å². The van der Waals surface area contributed by atoms with E-state index in [0.29, 0.717) is 48.0 Å². The Bertz CT molecular complexity index is 833. The Kier molecular flexibility index (Phi) is 5.13. The molecule has 4 bridgehead atoms. The second-order valence-corrected chi connectivity index (χ2v) is 13.8. The maximum absolute atomic E-state index is 12.9. The fraction of sp³-hybridized carbons (Fsp3) is 0.750. The first kappa shape index (κ1) is 19.5. The molecule has 1 N–H and O–H groups in total. The summed E-state index contributed by atoms with van der Waals surface area (Å²) in [7, 11) is -3.44. The number of carbonyl (C=O) groups is 1. The number of nitrogens with one attached hydrogen (secondary N) is 1. The minimum absolute atomic E-state index is 0.0568. The molecule has 5 nitrogen and oxygen atoms in total. The molecule has 1 aliphatic heterocycles. The van der Waals surface area contributed by atoms with Gasteiger partial charge in [0.15, 0.2) is 0 Å². The third-order valence-corrected chi connectivity index (χ3v) is 11.5. The predicted molar refractivity (Wildman–Crippen MR) is 112 cm³/mol. The number of piperidine rings is 1. The van der Waals surface area contributed by atoms with E-state index in [2.05, 4.69) is 21.2 Å². The quantitative estimate of drug-likeness (QED) is 0.702. The van der Waals surface area contributed by atoms with E-state index in [1.54, 1.807) is 12.1 Å². The molecular formula is C20H27BrN2O3S2. The van der Waals surface area contributed by atoms with E-state index in [1.165, 1.54) is 47.7 Å². The van der Waals surface area contributed by atoms with Crippen LogP contribution in [0.2, 0.25) is 0 Å². The summed E-state index contributed by atoms with van der Waals surface area (Å²) in [5.41, 5.74) is 0. The van der Waals surface area contributed by atoms with Gasteiger partial charge in [0.05, 0.1) is 3.79 Å². The van der Waals surface area contributed by atoms with Crippen LogP contribution in [0.15, 0.2) is 20.1 Å². The van der Waals surface area contributed by atoms with E-state index in [-0.39, 0.29) is 11.8 Å². The summed E-state index contributed by atoms with van der Waals surface area (Å²) >= 11 is 4.57. The van der Waals surface area contributed by atoms with Gasteiger partial charge in [-0.2, -0.15) is 4.31 Å². The summed E-state index contributed by atoms with van der Waals surface area (Å²) in [4.78, 5) is 12.9. The number of sulfonamides is 1. The second kappa shape index (κ2) is 7.36. The minimum atomic E-state index is -3.44. The highest BCUT2D eigenvalue weighted by Gasteiger charge is 2.49. The summed E-state index contributed by atoms with van der Waals surface area (Å²) in [5.74, 6) is 3.27. The molecule has 8 heteroatoms. The van der Waals surface area contributed by atoms with Crippen LogP contribution >= 0.6 is 27.3 Å². The molecule has 154 valence electrons. The SMILES string of the molecule is O=C(NC1C2CC3CC(C2)CC1C3)C1CCN(S(=O)(=O)c2ccc(Br)s2)CC1. The standard InChI is InChI=1S/C20H27BrN2O3S2/c21-17-1-2-18(27-17)28(25,26)23-5-3-14(4-6-23)20(24)22-19-15-8-12-7-13(10-15)11-16(19)9-12/h1-2,12-16,19H,3-11H2,(H,22,24). The topological polar surface area (TPSA) is 66.5 Å². The van der Waals surface area contributed by atoms with Gasteiger partial charge in [0, 0.05) is 25.0 Å². The molecule has 5 fully saturated rings. The Balaban J connectivity index is 1.19. The van der Waals surface area contributed by atoms with Crippen LogP contribution in [0.25, 0.3) is 0 Å². The van der Waals surface area contributed by atoms with Gasteiger partial charge in [-0.1, -0.05) is 0 Å². The predicted octanol–water partition coefficient (Wildman–Crippen LogP) is 3.85. The van der Waals surface area contributed by atoms with Crippen LogP contribution in [0, 0.1) is 29.6 Å². The minimum Gasteiger partial charge on any atom is -0.353 e. The average Bonchev–Trinajstić information content (AvgIpc) is 3.11. The van der Waals surface area contributed by atoms with Gasteiger partial charge >= 0.3 is 0 Å². The van der Waals surface area contributed by atoms with Crippen molar-refractivity contribution in [2.75, 3.05) is 13.1 Å². The van der Waals surface area contributed by atoms with Crippen molar-refractivity contribution < 1.29 is 13.2 Å². The van der Waals surface area contributed by atoms with Crippen LogP contribution in [-0.2, 0) is 14.8 Å². The van der Waals surface area contributed by atoms with Gasteiger partial charge in [-0.3, -0.25) is 4.79 Å². The third-order valence-electron chi connectivity index (χ3n) is 7.50. The van der Waals surface area contributed by atoms with Crippen LogP contribution in [0.4, 0.5) is 0 Å². The number of thiophene rings is 1. The van der Waals surface area contributed by atoms with Crippen molar-refractivity contribution in [1.82, 2.24) is 9.62 Å². The zero-order chi connectivity index (χ0) is 19.5.